The van der Waals surface area contributed by atoms with Crippen molar-refractivity contribution in [2.24, 2.45) is 0 Å². The van der Waals surface area contributed by atoms with E-state index in [1.54, 1.807) is 0 Å². The van der Waals surface area contributed by atoms with Gasteiger partial charge in [-0.15, -0.1) is 0 Å². The van der Waals surface area contributed by atoms with Gasteiger partial charge < -0.3 is 9.64 Å². The maximum absolute atomic E-state index is 5.73. The Bertz CT molecular complexity index is 361. The Morgan fingerprint density at radius 2 is 2.47 bits per heavy atom. The van der Waals surface area contributed by atoms with Gasteiger partial charge in [-0.2, -0.15) is 5.10 Å². The van der Waals surface area contributed by atoms with Gasteiger partial charge in [-0.25, -0.2) is 4.68 Å². The van der Waals surface area contributed by atoms with E-state index in [0.717, 1.165) is 29.8 Å². The van der Waals surface area contributed by atoms with Crippen LogP contribution in [0.25, 0.3) is 0 Å². The van der Waals surface area contributed by atoms with E-state index < -0.39 is 0 Å². The van der Waals surface area contributed by atoms with Crippen LogP contribution < -0.4 is 0 Å². The molecule has 0 aliphatic carbocycles. The zero-order chi connectivity index (χ0) is 12.3. The Morgan fingerprint density at radius 1 is 1.65 bits per heavy atom. The number of halogens is 1. The molecule has 1 saturated heterocycles. The van der Waals surface area contributed by atoms with E-state index >= 15 is 0 Å². The molecule has 1 atom stereocenters. The van der Waals surface area contributed by atoms with Crippen molar-refractivity contribution in [1.82, 2.24) is 14.7 Å². The number of hydrogen-bond acceptors (Lipinski definition) is 3. The smallest absolute Gasteiger partial charge is 0.150 e. The molecular formula is C12H19IN3O. The Labute approximate surface area is 116 Å². The summed E-state index contributed by atoms with van der Waals surface area (Å²) in [6, 6.07) is 0. The monoisotopic (exact) mass is 348 g/mol. The number of aromatic nitrogens is 2. The molecule has 1 radical (unpaired) electrons. The molecule has 0 amide bonds. The van der Waals surface area contributed by atoms with Gasteiger partial charge in [-0.05, 0) is 62.4 Å². The largest absolute Gasteiger partial charge is 0.357 e. The highest BCUT2D eigenvalue weighted by Gasteiger charge is 2.18. The maximum atomic E-state index is 5.73. The minimum absolute atomic E-state index is 0.135. The lowest BCUT2D eigenvalue weighted by Crippen LogP contribution is -2.19. The fraction of sp³-hybridized carbons (Fsp3) is 0.667. The van der Waals surface area contributed by atoms with E-state index in [1.165, 1.54) is 18.4 Å². The van der Waals surface area contributed by atoms with Crippen LogP contribution in [0, 0.1) is 10.6 Å². The summed E-state index contributed by atoms with van der Waals surface area (Å²) < 4.78 is 8.78. The van der Waals surface area contributed by atoms with Gasteiger partial charge in [0.05, 0.1) is 0 Å². The quantitative estimate of drug-likeness (QED) is 0.783. The van der Waals surface area contributed by atoms with Crippen molar-refractivity contribution in [2.45, 2.75) is 32.0 Å². The van der Waals surface area contributed by atoms with Crippen molar-refractivity contribution < 1.29 is 4.74 Å². The molecular weight excluding hydrogens is 329 g/mol. The van der Waals surface area contributed by atoms with E-state index in [1.807, 2.05) is 4.68 Å². The van der Waals surface area contributed by atoms with Crippen LogP contribution in [0.15, 0.2) is 6.20 Å². The fourth-order valence-corrected chi connectivity index (χ4v) is 2.52. The van der Waals surface area contributed by atoms with Crippen molar-refractivity contribution in [2.75, 3.05) is 20.2 Å². The Kier molecular flexibility index (Phi) is 4.81. The molecule has 0 spiro atoms. The third-order valence-electron chi connectivity index (χ3n) is 3.03. The predicted octanol–water partition coefficient (Wildman–Crippen LogP) is 2.45. The SMILES string of the molecule is [CH2]CN(C)Cc1cn(C2CCCCO2)nc1I. The highest BCUT2D eigenvalue weighted by molar-refractivity contribution is 14.1. The highest BCUT2D eigenvalue weighted by Crippen LogP contribution is 2.23. The second kappa shape index (κ2) is 6.15. The van der Waals surface area contributed by atoms with Crippen LogP contribution in [0.4, 0.5) is 0 Å². The normalized spacial score (nSPS) is 21.1. The lowest BCUT2D eigenvalue weighted by atomic mass is 10.2. The molecule has 1 fully saturated rings. The van der Waals surface area contributed by atoms with Crippen LogP contribution in [0.2, 0.25) is 0 Å². The lowest BCUT2D eigenvalue weighted by Gasteiger charge is -2.22. The van der Waals surface area contributed by atoms with Gasteiger partial charge in [0.25, 0.3) is 0 Å². The zero-order valence-corrected chi connectivity index (χ0v) is 12.4. The Hall–Kier alpha value is -0.140. The molecule has 5 heteroatoms. The molecule has 0 aromatic carbocycles. The van der Waals surface area contributed by atoms with Crippen LogP contribution in [-0.4, -0.2) is 34.9 Å². The fourth-order valence-electron chi connectivity index (χ4n) is 1.96. The van der Waals surface area contributed by atoms with Gasteiger partial charge in [-0.3, -0.25) is 0 Å². The summed E-state index contributed by atoms with van der Waals surface area (Å²) in [4.78, 5) is 2.17. The molecule has 1 unspecified atom stereocenters. The Morgan fingerprint density at radius 3 is 3.12 bits per heavy atom. The molecule has 1 aliphatic rings. The van der Waals surface area contributed by atoms with Crippen molar-refractivity contribution in [3.05, 3.63) is 22.4 Å². The van der Waals surface area contributed by atoms with Crippen molar-refractivity contribution in [3.8, 4) is 0 Å². The van der Waals surface area contributed by atoms with Crippen molar-refractivity contribution in [3.63, 3.8) is 0 Å². The van der Waals surface area contributed by atoms with Crippen LogP contribution in [0.3, 0.4) is 0 Å². The third-order valence-corrected chi connectivity index (χ3v) is 3.94. The van der Waals surface area contributed by atoms with Gasteiger partial charge in [0, 0.05) is 24.9 Å². The van der Waals surface area contributed by atoms with Crippen LogP contribution in [0.1, 0.15) is 31.1 Å². The highest BCUT2D eigenvalue weighted by atomic mass is 127. The maximum Gasteiger partial charge on any atom is 0.150 e. The number of hydrogen-bond donors (Lipinski definition) is 0. The van der Waals surface area contributed by atoms with Crippen molar-refractivity contribution >= 4 is 22.6 Å². The second-order valence-electron chi connectivity index (χ2n) is 4.48. The van der Waals surface area contributed by atoms with Crippen LogP contribution in [-0.2, 0) is 11.3 Å². The first-order valence-electron chi connectivity index (χ1n) is 6.03. The first-order chi connectivity index (χ1) is 8.20. The van der Waals surface area contributed by atoms with E-state index in [2.05, 4.69) is 52.8 Å². The number of rotatable bonds is 4. The molecule has 0 N–H and O–H groups in total. The molecule has 0 saturated carbocycles. The van der Waals surface area contributed by atoms with E-state index in [9.17, 15) is 0 Å². The van der Waals surface area contributed by atoms with E-state index in [4.69, 9.17) is 4.74 Å². The molecule has 17 heavy (non-hydrogen) atoms. The van der Waals surface area contributed by atoms with Gasteiger partial charge in [0.2, 0.25) is 0 Å². The molecule has 4 nitrogen and oxygen atoms in total. The van der Waals surface area contributed by atoms with Crippen molar-refractivity contribution in [1.29, 1.82) is 0 Å². The standard InChI is InChI=1S/C12H19IN3O/c1-3-15(2)8-10-9-16(14-12(10)13)11-6-4-5-7-17-11/h9,11H,1,3-8H2,2H3. The van der Waals surface area contributed by atoms with Gasteiger partial charge >= 0.3 is 0 Å². The summed E-state index contributed by atoms with van der Waals surface area (Å²) in [7, 11) is 2.07. The first-order valence-corrected chi connectivity index (χ1v) is 7.11. The topological polar surface area (TPSA) is 30.3 Å². The van der Waals surface area contributed by atoms with Crippen LogP contribution in [0.5, 0.6) is 0 Å². The van der Waals surface area contributed by atoms with Gasteiger partial charge in [0.1, 0.15) is 9.93 Å². The van der Waals surface area contributed by atoms with E-state index in [-0.39, 0.29) is 6.23 Å². The molecule has 1 aromatic rings. The lowest BCUT2D eigenvalue weighted by molar-refractivity contribution is -0.0397. The predicted molar refractivity (Wildman–Crippen MR) is 75.5 cm³/mol. The average molecular weight is 348 g/mol. The molecule has 2 heterocycles. The zero-order valence-electron chi connectivity index (χ0n) is 10.2. The molecule has 1 aliphatic heterocycles. The molecule has 0 bridgehead atoms. The summed E-state index contributed by atoms with van der Waals surface area (Å²) in [5, 5.41) is 4.55. The van der Waals surface area contributed by atoms with E-state index in [0.29, 0.717) is 0 Å². The summed E-state index contributed by atoms with van der Waals surface area (Å²) >= 11 is 2.29. The summed E-state index contributed by atoms with van der Waals surface area (Å²) in [6.45, 7) is 6.44. The van der Waals surface area contributed by atoms with Gasteiger partial charge in [-0.1, -0.05) is 0 Å². The molecule has 1 aromatic heterocycles. The average Bonchev–Trinajstić information content (AvgIpc) is 2.72. The van der Waals surface area contributed by atoms with Crippen LogP contribution >= 0.6 is 22.6 Å². The number of nitrogens with zero attached hydrogens (tertiary/aromatic N) is 3. The first kappa shape index (κ1) is 13.3. The Balaban J connectivity index is 2.06. The van der Waals surface area contributed by atoms with Gasteiger partial charge in [0.15, 0.2) is 0 Å². The summed E-state index contributed by atoms with van der Waals surface area (Å²) in [5.74, 6) is 0. The third kappa shape index (κ3) is 3.42. The minimum Gasteiger partial charge on any atom is -0.357 e. The molecule has 2 rings (SSSR count). The summed E-state index contributed by atoms with van der Waals surface area (Å²) in [5.41, 5.74) is 1.26. The molecule has 95 valence electrons. The number of ether oxygens (including phenoxy) is 1. The summed E-state index contributed by atoms with van der Waals surface area (Å²) in [6.07, 6.45) is 5.73. The minimum atomic E-state index is 0.135. The second-order valence-corrected chi connectivity index (χ2v) is 5.51.